The van der Waals surface area contributed by atoms with Gasteiger partial charge in [-0.15, -0.1) is 0 Å². The predicted octanol–water partition coefficient (Wildman–Crippen LogP) is 3.51. The second-order valence-corrected chi connectivity index (χ2v) is 6.35. The molecule has 8 heteroatoms. The third-order valence-corrected chi connectivity index (χ3v) is 4.32. The number of nitrogens with two attached hydrogens (primary N) is 1. The fourth-order valence-electron chi connectivity index (χ4n) is 2.42. The van der Waals surface area contributed by atoms with Crippen molar-refractivity contribution < 1.29 is 9.53 Å². The SMILES string of the molecule is NC(=O)CCn1nc(COc2ccc(Cl)cc2)n(-c2ccccc2)c1=S. The zero-order valence-electron chi connectivity index (χ0n) is 13.8. The van der Waals surface area contributed by atoms with Crippen LogP contribution >= 0.6 is 23.8 Å². The first kappa shape index (κ1) is 18.2. The Morgan fingerprint density at radius 2 is 1.85 bits per heavy atom. The molecule has 3 aromatic rings. The lowest BCUT2D eigenvalue weighted by Crippen LogP contribution is -2.14. The number of hydrogen-bond donors (Lipinski definition) is 1. The molecular formula is C18H17ClN4O2S. The summed E-state index contributed by atoms with van der Waals surface area (Å²) in [7, 11) is 0. The van der Waals surface area contributed by atoms with Crippen LogP contribution in [0, 0.1) is 4.77 Å². The number of aryl methyl sites for hydroxylation is 1. The molecule has 0 aliphatic rings. The Labute approximate surface area is 160 Å². The highest BCUT2D eigenvalue weighted by atomic mass is 35.5. The smallest absolute Gasteiger partial charge is 0.219 e. The number of nitrogens with zero attached hydrogens (tertiary/aromatic N) is 3. The molecule has 134 valence electrons. The summed E-state index contributed by atoms with van der Waals surface area (Å²) in [6, 6.07) is 16.7. The summed E-state index contributed by atoms with van der Waals surface area (Å²) in [6.07, 6.45) is 0.164. The highest BCUT2D eigenvalue weighted by Crippen LogP contribution is 2.18. The standard InChI is InChI=1S/C18H17ClN4O2S/c19-13-6-8-15(9-7-13)25-12-17-21-22(11-10-16(20)24)18(26)23(17)14-4-2-1-3-5-14/h1-9H,10-12H2,(H2,20,24). The Balaban J connectivity index is 1.91. The van der Waals surface area contributed by atoms with Gasteiger partial charge in [0, 0.05) is 17.1 Å². The van der Waals surface area contributed by atoms with E-state index in [2.05, 4.69) is 5.10 Å². The minimum absolute atomic E-state index is 0.164. The second kappa shape index (κ2) is 8.16. The van der Waals surface area contributed by atoms with Gasteiger partial charge in [-0.3, -0.25) is 9.36 Å². The van der Waals surface area contributed by atoms with Crippen molar-refractivity contribution in [3.63, 3.8) is 0 Å². The summed E-state index contributed by atoms with van der Waals surface area (Å²) < 4.78 is 9.71. The van der Waals surface area contributed by atoms with E-state index >= 15 is 0 Å². The van der Waals surface area contributed by atoms with Gasteiger partial charge in [0.2, 0.25) is 10.7 Å². The minimum atomic E-state index is -0.403. The van der Waals surface area contributed by atoms with E-state index in [1.165, 1.54) is 0 Å². The average molecular weight is 389 g/mol. The van der Waals surface area contributed by atoms with E-state index in [0.717, 1.165) is 5.69 Å². The fourth-order valence-corrected chi connectivity index (χ4v) is 2.89. The molecule has 0 aliphatic carbocycles. The Hall–Kier alpha value is -2.64. The molecule has 1 heterocycles. The number of halogens is 1. The molecule has 1 amide bonds. The van der Waals surface area contributed by atoms with Gasteiger partial charge in [-0.1, -0.05) is 29.8 Å². The molecule has 2 aromatic carbocycles. The van der Waals surface area contributed by atoms with Crippen molar-refractivity contribution in [2.45, 2.75) is 19.6 Å². The maximum atomic E-state index is 11.1. The number of para-hydroxylation sites is 1. The molecule has 1 aromatic heterocycles. The monoisotopic (exact) mass is 388 g/mol. The van der Waals surface area contributed by atoms with Gasteiger partial charge in [0.15, 0.2) is 5.82 Å². The van der Waals surface area contributed by atoms with Crippen LogP contribution in [0.25, 0.3) is 5.69 Å². The van der Waals surface area contributed by atoms with Gasteiger partial charge < -0.3 is 10.5 Å². The van der Waals surface area contributed by atoms with Crippen molar-refractivity contribution >= 4 is 29.7 Å². The highest BCUT2D eigenvalue weighted by Gasteiger charge is 2.13. The Kier molecular flexibility index (Phi) is 5.70. The van der Waals surface area contributed by atoms with Crippen LogP contribution in [0.2, 0.25) is 5.02 Å². The lowest BCUT2D eigenvalue weighted by Gasteiger charge is -2.08. The number of hydrogen-bond acceptors (Lipinski definition) is 4. The van der Waals surface area contributed by atoms with E-state index in [9.17, 15) is 4.79 Å². The predicted molar refractivity (Wildman–Crippen MR) is 102 cm³/mol. The average Bonchev–Trinajstić information content (AvgIpc) is 2.96. The summed E-state index contributed by atoms with van der Waals surface area (Å²) >= 11 is 11.4. The first-order valence-corrected chi connectivity index (χ1v) is 8.74. The second-order valence-electron chi connectivity index (χ2n) is 5.55. The number of amides is 1. The molecule has 0 atom stereocenters. The molecule has 0 unspecified atom stereocenters. The van der Waals surface area contributed by atoms with Crippen LogP contribution < -0.4 is 10.5 Å². The van der Waals surface area contributed by atoms with Crippen LogP contribution in [0.4, 0.5) is 0 Å². The van der Waals surface area contributed by atoms with Crippen LogP contribution in [0.1, 0.15) is 12.2 Å². The number of ether oxygens (including phenoxy) is 1. The fraction of sp³-hybridized carbons (Fsp3) is 0.167. The quantitative estimate of drug-likeness (QED) is 0.628. The largest absolute Gasteiger partial charge is 0.486 e. The van der Waals surface area contributed by atoms with E-state index in [4.69, 9.17) is 34.3 Å². The Morgan fingerprint density at radius 1 is 1.15 bits per heavy atom. The van der Waals surface area contributed by atoms with Gasteiger partial charge in [0.25, 0.3) is 0 Å². The maximum Gasteiger partial charge on any atom is 0.219 e. The number of aromatic nitrogens is 3. The normalized spacial score (nSPS) is 10.7. The number of primary amides is 1. The summed E-state index contributed by atoms with van der Waals surface area (Å²) in [5.41, 5.74) is 6.11. The number of carbonyl (C=O) groups excluding carboxylic acids is 1. The van der Waals surface area contributed by atoms with Crippen molar-refractivity contribution in [1.29, 1.82) is 0 Å². The molecule has 26 heavy (non-hydrogen) atoms. The Bertz CT molecular complexity index is 952. The van der Waals surface area contributed by atoms with E-state index in [-0.39, 0.29) is 13.0 Å². The zero-order valence-corrected chi connectivity index (χ0v) is 15.4. The summed E-state index contributed by atoms with van der Waals surface area (Å²) in [5, 5.41) is 5.15. The van der Waals surface area contributed by atoms with Crippen molar-refractivity contribution in [2.24, 2.45) is 5.73 Å². The molecule has 6 nitrogen and oxygen atoms in total. The maximum absolute atomic E-state index is 11.1. The molecule has 0 fully saturated rings. The van der Waals surface area contributed by atoms with E-state index < -0.39 is 5.91 Å². The zero-order chi connectivity index (χ0) is 18.5. The van der Waals surface area contributed by atoms with Crippen LogP contribution in [-0.2, 0) is 17.9 Å². The summed E-state index contributed by atoms with van der Waals surface area (Å²) in [5.74, 6) is 0.896. The van der Waals surface area contributed by atoms with E-state index in [1.807, 2.05) is 34.9 Å². The first-order chi connectivity index (χ1) is 12.5. The number of carbonyl (C=O) groups is 1. The van der Waals surface area contributed by atoms with Gasteiger partial charge in [0.1, 0.15) is 12.4 Å². The van der Waals surface area contributed by atoms with Gasteiger partial charge in [0.05, 0.1) is 6.54 Å². The minimum Gasteiger partial charge on any atom is -0.486 e. The molecule has 0 radical (unpaired) electrons. The highest BCUT2D eigenvalue weighted by molar-refractivity contribution is 7.71. The van der Waals surface area contributed by atoms with Gasteiger partial charge >= 0.3 is 0 Å². The van der Waals surface area contributed by atoms with Crippen LogP contribution in [0.15, 0.2) is 54.6 Å². The Morgan fingerprint density at radius 3 is 2.50 bits per heavy atom. The van der Waals surface area contributed by atoms with Crippen molar-refractivity contribution in [2.75, 3.05) is 0 Å². The van der Waals surface area contributed by atoms with Crippen molar-refractivity contribution in [1.82, 2.24) is 14.3 Å². The lowest BCUT2D eigenvalue weighted by molar-refractivity contribution is -0.118. The molecule has 0 bridgehead atoms. The number of rotatable bonds is 7. The molecular weight excluding hydrogens is 372 g/mol. The molecule has 3 rings (SSSR count). The molecule has 0 saturated heterocycles. The lowest BCUT2D eigenvalue weighted by atomic mass is 10.3. The molecule has 2 N–H and O–H groups in total. The number of benzene rings is 2. The van der Waals surface area contributed by atoms with E-state index in [0.29, 0.717) is 27.9 Å². The van der Waals surface area contributed by atoms with Crippen LogP contribution in [0.5, 0.6) is 5.75 Å². The molecule has 0 spiro atoms. The molecule has 0 saturated carbocycles. The van der Waals surface area contributed by atoms with Crippen molar-refractivity contribution in [3.05, 3.63) is 70.2 Å². The van der Waals surface area contributed by atoms with Gasteiger partial charge in [-0.25, -0.2) is 4.68 Å². The van der Waals surface area contributed by atoms with Crippen LogP contribution in [-0.4, -0.2) is 20.3 Å². The van der Waals surface area contributed by atoms with Gasteiger partial charge in [-0.2, -0.15) is 5.10 Å². The summed E-state index contributed by atoms with van der Waals surface area (Å²) in [4.78, 5) is 11.1. The van der Waals surface area contributed by atoms with E-state index in [1.54, 1.807) is 28.9 Å². The van der Waals surface area contributed by atoms with Crippen molar-refractivity contribution in [3.8, 4) is 11.4 Å². The third-order valence-electron chi connectivity index (χ3n) is 3.67. The van der Waals surface area contributed by atoms with Crippen LogP contribution in [0.3, 0.4) is 0 Å². The van der Waals surface area contributed by atoms with Gasteiger partial charge in [-0.05, 0) is 48.6 Å². The topological polar surface area (TPSA) is 75.1 Å². The first-order valence-electron chi connectivity index (χ1n) is 7.95. The molecule has 0 aliphatic heterocycles. The summed E-state index contributed by atoms with van der Waals surface area (Å²) in [6.45, 7) is 0.533. The third kappa shape index (κ3) is 4.30.